The van der Waals surface area contributed by atoms with E-state index >= 15 is 0 Å². The number of methoxy groups -OCH3 is 2. The van der Waals surface area contributed by atoms with Crippen LogP contribution >= 0.6 is 15.6 Å². The van der Waals surface area contributed by atoms with Gasteiger partial charge >= 0.3 is 59.1 Å². The van der Waals surface area contributed by atoms with E-state index in [0.717, 1.165) is 161 Å². The Morgan fingerprint density at radius 1 is 0.495 bits per heavy atom. The molecule has 13 atom stereocenters. The Bertz CT molecular complexity index is 1910. The molecular weight excluding hydrogens is 1230 g/mol. The molecule has 0 spiro atoms. The van der Waals surface area contributed by atoms with Crippen LogP contribution in [0.15, 0.2) is 12.2 Å². The van der Waals surface area contributed by atoms with Crippen molar-refractivity contribution in [3.05, 3.63) is 12.2 Å². The molecule has 0 aromatic rings. The van der Waals surface area contributed by atoms with Crippen molar-refractivity contribution in [1.29, 1.82) is 0 Å². The molecule has 2 amide bonds. The number of hydrogen-bond acceptors (Lipinski definition) is 17. The largest absolute Gasteiger partial charge is 1.00 e. The molecule has 524 valence electrons. The van der Waals surface area contributed by atoms with Gasteiger partial charge in [-0.25, -0.2) is 0 Å². The van der Waals surface area contributed by atoms with Gasteiger partial charge in [0.2, 0.25) is 11.8 Å². The Balaban J connectivity index is 0.0000405. The summed E-state index contributed by atoms with van der Waals surface area (Å²) >= 11 is 0. The fraction of sp³-hybridized carbons (Fsp3) is 0.924. The molecule has 2 fully saturated rings. The number of allylic oxidation sites excluding steroid dienone is 2. The average Bonchev–Trinajstić information content (AvgIpc) is 0.828. The third-order valence-electron chi connectivity index (χ3n) is 16.8. The van der Waals surface area contributed by atoms with Gasteiger partial charge in [0.1, 0.15) is 54.5 Å². The molecule has 2 saturated heterocycles. The molecule has 2 rings (SSSR count). The van der Waals surface area contributed by atoms with Crippen molar-refractivity contribution in [3.8, 4) is 0 Å². The molecule has 2 aliphatic rings. The predicted octanol–water partition coefficient (Wildman–Crippen LogP) is 6.36. The number of rotatable bonds is 59. The van der Waals surface area contributed by atoms with E-state index in [-0.39, 0.29) is 104 Å². The normalized spacial score (nSPS) is 23.4. The number of carbonyl (C=O) groups is 3. The maximum atomic E-state index is 14.1. The van der Waals surface area contributed by atoms with E-state index in [0.29, 0.717) is 25.7 Å². The Morgan fingerprint density at radius 3 is 1.45 bits per heavy atom. The summed E-state index contributed by atoms with van der Waals surface area (Å²) in [5, 5.41) is 17.8. The van der Waals surface area contributed by atoms with Crippen LogP contribution in [0.2, 0.25) is 0 Å². The second-order valence-electron chi connectivity index (χ2n) is 24.8. The van der Waals surface area contributed by atoms with E-state index in [1.165, 1.54) is 58.5 Å². The third kappa shape index (κ3) is 45.5. The van der Waals surface area contributed by atoms with Crippen molar-refractivity contribution >= 4 is 33.2 Å². The van der Waals surface area contributed by atoms with Crippen molar-refractivity contribution in [2.45, 2.75) is 352 Å². The molecule has 91 heavy (non-hydrogen) atoms. The van der Waals surface area contributed by atoms with Crippen LogP contribution in [-0.2, 0) is 65.7 Å². The first kappa shape index (κ1) is 91.2. The van der Waals surface area contributed by atoms with Crippen LogP contribution in [0.5, 0.6) is 0 Å². The standard InChI is InChI=1S/C66H126N2O19P2.2Na/c1-7-11-15-19-22-25-26-27-28-29-30-32-34-38-42-46-57(70)67-60-64(82-49-47-54(80-6)45-41-36-18-14-10-4)62(86-88(73,74)75)56(51-79-5)85-65(60)83-52-55-61(72)63(81-48-43-39-35-24-21-17-13-9-3)59(66(84-55)87-89(76,77)78)68-58(71)50-53(69)44-40-37-33-31-23-20-16-12-8-2;;/h25-26,54-56,59-66,72H,7-24,27-52H2,1-6H3,(H,67,70)(H,68,71)(H2,73,74,75)(H2,76,77,78);;/q;2*+1/p-2/b26-25-;;/t54-,55-,56-,59-,60-,61-,62-,63-,64-,65-,66-;;/m1../s1. The summed E-state index contributed by atoms with van der Waals surface area (Å²) in [5.74, 6) is -1.58. The fourth-order valence-electron chi connectivity index (χ4n) is 11.7. The minimum atomic E-state index is -5.65. The molecular formula is C66H124N2Na2O19P2. The fourth-order valence-corrected chi connectivity index (χ4v) is 12.7. The van der Waals surface area contributed by atoms with Crippen LogP contribution in [0.3, 0.4) is 0 Å². The maximum absolute atomic E-state index is 14.1. The quantitative estimate of drug-likeness (QED) is 0.0146. The summed E-state index contributed by atoms with van der Waals surface area (Å²) in [4.78, 5) is 86.5. The minimum Gasteiger partial charge on any atom is -0.756 e. The van der Waals surface area contributed by atoms with Crippen LogP contribution in [-0.4, -0.2) is 141 Å². The van der Waals surface area contributed by atoms with Gasteiger partial charge in [-0.05, 0) is 57.8 Å². The predicted molar refractivity (Wildman–Crippen MR) is 342 cm³/mol. The van der Waals surface area contributed by atoms with E-state index in [1.807, 2.05) is 0 Å². The van der Waals surface area contributed by atoms with E-state index < -0.39 is 102 Å². The Labute approximate surface area is 593 Å². The van der Waals surface area contributed by atoms with Crippen molar-refractivity contribution < 1.29 is 150 Å². The van der Waals surface area contributed by atoms with Crippen LogP contribution in [0.25, 0.3) is 0 Å². The number of ketones is 1. The van der Waals surface area contributed by atoms with Crippen LogP contribution in [0.4, 0.5) is 0 Å². The first-order chi connectivity index (χ1) is 42.9. The number of phosphoric acid groups is 2. The van der Waals surface area contributed by atoms with Crippen molar-refractivity contribution in [2.24, 2.45) is 0 Å². The number of carbonyl (C=O) groups excluding carboxylic acids is 3. The van der Waals surface area contributed by atoms with Crippen molar-refractivity contribution in [1.82, 2.24) is 10.6 Å². The molecule has 0 radical (unpaired) electrons. The number of amides is 2. The number of unbranched alkanes of at least 4 members (excludes halogenated alkanes) is 30. The first-order valence-electron chi connectivity index (χ1n) is 35.0. The zero-order valence-corrected chi connectivity index (χ0v) is 63.7. The number of hydrogen-bond donors (Lipinski definition) is 5. The summed E-state index contributed by atoms with van der Waals surface area (Å²) in [6.07, 6.45) is 28.8. The smallest absolute Gasteiger partial charge is 0.756 e. The molecule has 2 aliphatic heterocycles. The molecule has 0 aromatic heterocycles. The van der Waals surface area contributed by atoms with Gasteiger partial charge in [0.05, 0.1) is 25.7 Å². The van der Waals surface area contributed by atoms with Gasteiger partial charge in [0.15, 0.2) is 12.6 Å². The van der Waals surface area contributed by atoms with Crippen molar-refractivity contribution in [2.75, 3.05) is 40.6 Å². The Kier molecular flexibility index (Phi) is 58.2. The third-order valence-corrected chi connectivity index (χ3v) is 17.8. The number of ether oxygens (including phenoxy) is 7. The van der Waals surface area contributed by atoms with Crippen LogP contribution in [0.1, 0.15) is 285 Å². The SMILES string of the molecule is CCCCCC/C=C\CCCCCCCCCC(=O)N[C@H]1[C@H](OC[C@H]2O[C@H](OP(=O)([O-])O)[C@H](NC(=O)CC(=O)CCCCCCCCCCC)[C@@H](OCCCCCCCCCC)[C@@H]2O)O[C@H](COC)[C@@H](OP(=O)([O-])O)[C@@H]1OCC[C@@H](CCCCCCC)OC.[Na+].[Na+]. The summed E-state index contributed by atoms with van der Waals surface area (Å²) < 4.78 is 78.6. The van der Waals surface area contributed by atoms with Crippen LogP contribution in [0, 0.1) is 0 Å². The summed E-state index contributed by atoms with van der Waals surface area (Å²) in [6.45, 7) is 7.78. The monoisotopic (exact) mass is 1360 g/mol. The van der Waals surface area contributed by atoms with Gasteiger partial charge in [-0.2, -0.15) is 0 Å². The summed E-state index contributed by atoms with van der Waals surface area (Å²) in [7, 11) is -8.23. The summed E-state index contributed by atoms with van der Waals surface area (Å²) in [6, 6.07) is -2.92. The zero-order valence-electron chi connectivity index (χ0n) is 57.9. The van der Waals surface area contributed by atoms with Crippen molar-refractivity contribution in [3.63, 3.8) is 0 Å². The van der Waals surface area contributed by atoms with Gasteiger partial charge < -0.3 is 73.0 Å². The molecule has 2 heterocycles. The first-order valence-corrected chi connectivity index (χ1v) is 38.0. The molecule has 0 aliphatic carbocycles. The zero-order chi connectivity index (χ0) is 65.4. The van der Waals surface area contributed by atoms with E-state index in [9.17, 15) is 48.2 Å². The second-order valence-corrected chi connectivity index (χ2v) is 27.1. The number of aliphatic hydroxyl groups excluding tert-OH is 1. The molecule has 21 nitrogen and oxygen atoms in total. The van der Waals surface area contributed by atoms with Gasteiger partial charge in [0.25, 0.3) is 15.6 Å². The van der Waals surface area contributed by atoms with E-state index in [2.05, 4.69) is 50.5 Å². The average molecular weight is 1360 g/mol. The van der Waals surface area contributed by atoms with Gasteiger partial charge in [-0.3, -0.25) is 28.0 Å². The number of phosphoric ester groups is 2. The molecule has 0 bridgehead atoms. The van der Waals surface area contributed by atoms with Gasteiger partial charge in [-0.15, -0.1) is 0 Å². The maximum Gasteiger partial charge on any atom is 1.00 e. The number of Topliss-reactive ketones (excluding diaryl/α,β-unsaturated/α-hetero) is 1. The van der Waals surface area contributed by atoms with E-state index in [1.54, 1.807) is 7.11 Å². The molecule has 0 aromatic carbocycles. The molecule has 25 heteroatoms. The minimum absolute atomic E-state index is 0. The Morgan fingerprint density at radius 2 is 0.934 bits per heavy atom. The van der Waals surface area contributed by atoms with E-state index in [4.69, 9.17) is 42.2 Å². The van der Waals surface area contributed by atoms with Gasteiger partial charge in [0, 0.05) is 40.3 Å². The Hall–Kier alpha value is 0.250. The topological polar surface area (TPSA) is 299 Å². The molecule has 2 unspecified atom stereocenters. The summed E-state index contributed by atoms with van der Waals surface area (Å²) in [5.41, 5.74) is 0. The van der Waals surface area contributed by atoms with Gasteiger partial charge in [-0.1, -0.05) is 220 Å². The second kappa shape index (κ2) is 58.1. The van der Waals surface area contributed by atoms with Crippen LogP contribution < -0.4 is 79.5 Å². The number of aliphatic hydroxyl groups is 1. The molecule has 5 N–H and O–H groups in total. The molecule has 0 saturated carbocycles. The number of nitrogens with one attached hydrogen (secondary N) is 2.